The summed E-state index contributed by atoms with van der Waals surface area (Å²) in [7, 11) is 0. The highest BCUT2D eigenvalue weighted by atomic mass is 19.1. The van der Waals surface area contributed by atoms with Crippen molar-refractivity contribution < 1.29 is 14.2 Å². The number of likely N-dealkylation sites (tertiary alicyclic amines) is 1. The molecule has 1 aliphatic rings. The van der Waals surface area contributed by atoms with E-state index in [0.717, 1.165) is 32.5 Å². The molecule has 6 nitrogen and oxygen atoms in total. The fourth-order valence-corrected chi connectivity index (χ4v) is 3.89. The lowest BCUT2D eigenvalue weighted by molar-refractivity contribution is 0.114. The van der Waals surface area contributed by atoms with E-state index < -0.39 is 6.10 Å². The summed E-state index contributed by atoms with van der Waals surface area (Å²) in [6, 6.07) is 17.1. The van der Waals surface area contributed by atoms with Crippen LogP contribution in [0.2, 0.25) is 0 Å². The number of benzene rings is 2. The van der Waals surface area contributed by atoms with Gasteiger partial charge in [-0.2, -0.15) is 0 Å². The highest BCUT2D eigenvalue weighted by Gasteiger charge is 2.26. The predicted molar refractivity (Wildman–Crippen MR) is 126 cm³/mol. The number of rotatable bonds is 9. The van der Waals surface area contributed by atoms with Gasteiger partial charge in [0.1, 0.15) is 24.3 Å². The molecule has 2 aromatic carbocycles. The van der Waals surface area contributed by atoms with Crippen LogP contribution < -0.4 is 15.4 Å². The molecule has 7 heteroatoms. The number of guanidine groups is 1. The first-order chi connectivity index (χ1) is 15.5. The third-order valence-electron chi connectivity index (χ3n) is 5.64. The average molecular weight is 443 g/mol. The number of aliphatic hydroxyl groups is 1. The van der Waals surface area contributed by atoms with E-state index in [-0.39, 0.29) is 19.0 Å². The van der Waals surface area contributed by atoms with E-state index in [2.05, 4.69) is 57.8 Å². The maximum absolute atomic E-state index is 13.0. The molecule has 3 atom stereocenters. The minimum Gasteiger partial charge on any atom is -0.491 e. The normalized spacial score (nSPS) is 20.6. The van der Waals surface area contributed by atoms with Gasteiger partial charge in [-0.3, -0.25) is 9.89 Å². The molecule has 1 saturated heterocycles. The van der Waals surface area contributed by atoms with Gasteiger partial charge in [-0.15, -0.1) is 0 Å². The summed E-state index contributed by atoms with van der Waals surface area (Å²) < 4.78 is 18.5. The molecule has 0 aromatic heterocycles. The molecule has 0 spiro atoms. The summed E-state index contributed by atoms with van der Waals surface area (Å²) in [5, 5.41) is 17.0. The molecule has 0 radical (unpaired) electrons. The Morgan fingerprint density at radius 2 is 1.97 bits per heavy atom. The summed E-state index contributed by atoms with van der Waals surface area (Å²) >= 11 is 0. The summed E-state index contributed by atoms with van der Waals surface area (Å²) in [4.78, 5) is 7.06. The van der Waals surface area contributed by atoms with Gasteiger partial charge in [-0.05, 0) is 56.5 Å². The van der Waals surface area contributed by atoms with Gasteiger partial charge in [0.05, 0.1) is 6.54 Å². The molecule has 174 valence electrons. The third kappa shape index (κ3) is 7.80. The lowest BCUT2D eigenvalue weighted by atomic mass is 9.97. The molecular weight excluding hydrogens is 407 g/mol. The Bertz CT molecular complexity index is 832. The van der Waals surface area contributed by atoms with E-state index in [1.54, 1.807) is 12.1 Å². The summed E-state index contributed by atoms with van der Waals surface area (Å²) in [5.41, 5.74) is 1.34. The van der Waals surface area contributed by atoms with Crippen molar-refractivity contribution in [3.8, 4) is 5.75 Å². The standard InChI is InChI=1S/C25H35FN4O2/c1-3-27-25(28-16-23(31)18-32-24-11-9-21(26)10-12-24)29-22-13-14-30(19(2)15-22)17-20-7-5-4-6-8-20/h4-12,19,22-23,31H,3,13-18H2,1-2H3,(H2,27,28,29). The van der Waals surface area contributed by atoms with Crippen LogP contribution in [0.3, 0.4) is 0 Å². The highest BCUT2D eigenvalue weighted by Crippen LogP contribution is 2.20. The van der Waals surface area contributed by atoms with E-state index in [9.17, 15) is 9.50 Å². The van der Waals surface area contributed by atoms with Gasteiger partial charge in [0.2, 0.25) is 0 Å². The Kier molecular flexibility index (Phi) is 9.31. The van der Waals surface area contributed by atoms with E-state index in [4.69, 9.17) is 4.74 Å². The monoisotopic (exact) mass is 442 g/mol. The number of nitrogens with one attached hydrogen (secondary N) is 2. The Morgan fingerprint density at radius 3 is 2.66 bits per heavy atom. The molecular formula is C25H35FN4O2. The molecule has 1 fully saturated rings. The van der Waals surface area contributed by atoms with Crippen LogP contribution in [-0.2, 0) is 6.54 Å². The molecule has 0 bridgehead atoms. The van der Waals surface area contributed by atoms with E-state index in [1.807, 2.05) is 6.92 Å². The summed E-state index contributed by atoms with van der Waals surface area (Å²) in [5.74, 6) is 0.918. The van der Waals surface area contributed by atoms with Gasteiger partial charge < -0.3 is 20.5 Å². The molecule has 3 unspecified atom stereocenters. The molecule has 0 saturated carbocycles. The van der Waals surface area contributed by atoms with Crippen LogP contribution in [0.5, 0.6) is 5.75 Å². The van der Waals surface area contributed by atoms with Crippen molar-refractivity contribution in [2.24, 2.45) is 4.99 Å². The lowest BCUT2D eigenvalue weighted by Gasteiger charge is -2.38. The quantitative estimate of drug-likeness (QED) is 0.411. The van der Waals surface area contributed by atoms with Crippen LogP contribution in [0.4, 0.5) is 4.39 Å². The minimum atomic E-state index is -0.748. The van der Waals surface area contributed by atoms with Gasteiger partial charge in [-0.1, -0.05) is 30.3 Å². The number of hydrogen-bond acceptors (Lipinski definition) is 4. The number of hydrogen-bond donors (Lipinski definition) is 3. The van der Waals surface area contributed by atoms with Crippen molar-refractivity contribution in [2.75, 3.05) is 26.2 Å². The van der Waals surface area contributed by atoms with E-state index in [0.29, 0.717) is 23.8 Å². The van der Waals surface area contributed by atoms with E-state index >= 15 is 0 Å². The number of piperidine rings is 1. The fourth-order valence-electron chi connectivity index (χ4n) is 3.89. The molecule has 0 amide bonds. The third-order valence-corrected chi connectivity index (χ3v) is 5.64. The Morgan fingerprint density at radius 1 is 1.22 bits per heavy atom. The number of aliphatic imine (C=N–C) groups is 1. The maximum Gasteiger partial charge on any atom is 0.191 e. The van der Waals surface area contributed by atoms with Crippen molar-refractivity contribution in [1.29, 1.82) is 0 Å². The first-order valence-corrected chi connectivity index (χ1v) is 11.4. The number of ether oxygens (including phenoxy) is 1. The second-order valence-electron chi connectivity index (χ2n) is 8.31. The summed E-state index contributed by atoms with van der Waals surface area (Å²) in [6.07, 6.45) is 1.33. The van der Waals surface area contributed by atoms with Crippen molar-refractivity contribution in [3.63, 3.8) is 0 Å². The van der Waals surface area contributed by atoms with Crippen LogP contribution in [0.1, 0.15) is 32.3 Å². The zero-order chi connectivity index (χ0) is 22.8. The van der Waals surface area contributed by atoms with Crippen LogP contribution in [0.15, 0.2) is 59.6 Å². The molecule has 32 heavy (non-hydrogen) atoms. The van der Waals surface area contributed by atoms with Crippen molar-refractivity contribution >= 4 is 5.96 Å². The molecule has 1 heterocycles. The number of aliphatic hydroxyl groups excluding tert-OH is 1. The zero-order valence-electron chi connectivity index (χ0n) is 19.0. The SMILES string of the molecule is CCNC(=NCC(O)COc1ccc(F)cc1)NC1CCN(Cc2ccccc2)C(C)C1. The number of nitrogens with zero attached hydrogens (tertiary/aromatic N) is 2. The molecule has 3 N–H and O–H groups in total. The topological polar surface area (TPSA) is 69.1 Å². The Labute approximate surface area is 190 Å². The summed E-state index contributed by atoms with van der Waals surface area (Å²) in [6.45, 7) is 7.37. The van der Waals surface area contributed by atoms with Gasteiger partial charge in [0.15, 0.2) is 5.96 Å². The minimum absolute atomic E-state index is 0.101. The van der Waals surface area contributed by atoms with Crippen LogP contribution in [0, 0.1) is 5.82 Å². The second kappa shape index (κ2) is 12.4. The molecule has 1 aliphatic heterocycles. The lowest BCUT2D eigenvalue weighted by Crippen LogP contribution is -2.51. The first-order valence-electron chi connectivity index (χ1n) is 11.4. The van der Waals surface area contributed by atoms with Gasteiger partial charge in [0, 0.05) is 31.7 Å². The molecule has 0 aliphatic carbocycles. The van der Waals surface area contributed by atoms with E-state index in [1.165, 1.54) is 17.7 Å². The average Bonchev–Trinajstić information content (AvgIpc) is 2.80. The maximum atomic E-state index is 13.0. The van der Waals surface area contributed by atoms with Gasteiger partial charge >= 0.3 is 0 Å². The van der Waals surface area contributed by atoms with Crippen molar-refractivity contribution in [2.45, 2.75) is 51.4 Å². The number of halogens is 1. The molecule has 2 aromatic rings. The van der Waals surface area contributed by atoms with Crippen LogP contribution in [-0.4, -0.2) is 60.4 Å². The van der Waals surface area contributed by atoms with Crippen LogP contribution in [0.25, 0.3) is 0 Å². The zero-order valence-corrected chi connectivity index (χ0v) is 19.0. The Balaban J connectivity index is 1.45. The van der Waals surface area contributed by atoms with Gasteiger partial charge in [0.25, 0.3) is 0 Å². The smallest absolute Gasteiger partial charge is 0.191 e. The first kappa shape index (κ1) is 24.0. The van der Waals surface area contributed by atoms with Crippen molar-refractivity contribution in [3.05, 3.63) is 66.0 Å². The largest absolute Gasteiger partial charge is 0.491 e. The predicted octanol–water partition coefficient (Wildman–Crippen LogP) is 3.17. The molecule has 3 rings (SSSR count). The highest BCUT2D eigenvalue weighted by molar-refractivity contribution is 5.80. The fraction of sp³-hybridized carbons (Fsp3) is 0.480. The van der Waals surface area contributed by atoms with Crippen molar-refractivity contribution in [1.82, 2.24) is 15.5 Å². The Hall–Kier alpha value is -2.64. The van der Waals surface area contributed by atoms with Crippen LogP contribution >= 0.6 is 0 Å². The second-order valence-corrected chi connectivity index (χ2v) is 8.31. The van der Waals surface area contributed by atoms with Gasteiger partial charge in [-0.25, -0.2) is 4.39 Å².